The Bertz CT molecular complexity index is 646. The summed E-state index contributed by atoms with van der Waals surface area (Å²) in [4.78, 5) is 0. The summed E-state index contributed by atoms with van der Waals surface area (Å²) < 4.78 is 26.7. The minimum absolute atomic E-state index is 0.0656. The Morgan fingerprint density at radius 2 is 2.32 bits per heavy atom. The Morgan fingerprint density at radius 1 is 1.47 bits per heavy atom. The molecule has 0 aliphatic heterocycles. The van der Waals surface area contributed by atoms with E-state index in [2.05, 4.69) is 30.4 Å². The lowest BCUT2D eigenvalue weighted by Crippen LogP contribution is -2.19. The first kappa shape index (κ1) is 12.5. The maximum absolute atomic E-state index is 12.2. The number of hydrogen-bond donors (Lipinski definition) is 3. The van der Waals surface area contributed by atoms with Gasteiger partial charge in [-0.2, -0.15) is 13.5 Å². The van der Waals surface area contributed by atoms with E-state index < -0.39 is 10.0 Å². The molecule has 0 spiro atoms. The number of H-pyrrole nitrogens is 1. The van der Waals surface area contributed by atoms with Crippen molar-refractivity contribution in [2.45, 2.75) is 30.5 Å². The van der Waals surface area contributed by atoms with Gasteiger partial charge in [-0.05, 0) is 12.8 Å². The SMILES string of the molecule is O=S(=O)(Nc1nncs1)c1[nH]ncc1CNC1CC1. The second kappa shape index (κ2) is 4.87. The summed E-state index contributed by atoms with van der Waals surface area (Å²) in [5, 5.41) is 17.1. The molecule has 3 rings (SSSR count). The van der Waals surface area contributed by atoms with E-state index in [1.165, 1.54) is 11.7 Å². The monoisotopic (exact) mass is 300 g/mol. The number of rotatable bonds is 6. The number of aromatic nitrogens is 4. The van der Waals surface area contributed by atoms with Crippen LogP contribution in [0.5, 0.6) is 0 Å². The Morgan fingerprint density at radius 3 is 3.00 bits per heavy atom. The Balaban J connectivity index is 1.78. The van der Waals surface area contributed by atoms with Crippen LogP contribution >= 0.6 is 11.3 Å². The van der Waals surface area contributed by atoms with Gasteiger partial charge < -0.3 is 5.32 Å². The average Bonchev–Trinajstić information content (AvgIpc) is 2.87. The predicted octanol–water partition coefficient (Wildman–Crippen LogP) is 0.314. The molecule has 0 amide bonds. The molecule has 0 aromatic carbocycles. The van der Waals surface area contributed by atoms with Crippen LogP contribution in [0, 0.1) is 0 Å². The van der Waals surface area contributed by atoms with Crippen LogP contribution in [0.15, 0.2) is 16.7 Å². The largest absolute Gasteiger partial charge is 0.310 e. The van der Waals surface area contributed by atoms with Gasteiger partial charge >= 0.3 is 0 Å². The van der Waals surface area contributed by atoms with Crippen molar-refractivity contribution in [2.75, 3.05) is 4.72 Å². The van der Waals surface area contributed by atoms with Crippen LogP contribution in [0.25, 0.3) is 0 Å². The summed E-state index contributed by atoms with van der Waals surface area (Å²) in [5.41, 5.74) is 2.07. The van der Waals surface area contributed by atoms with Crippen LogP contribution in [0.2, 0.25) is 0 Å². The number of nitrogens with one attached hydrogen (secondary N) is 3. The van der Waals surface area contributed by atoms with Crippen molar-refractivity contribution in [1.82, 2.24) is 25.7 Å². The van der Waals surface area contributed by atoms with E-state index >= 15 is 0 Å². The number of anilines is 1. The standard InChI is InChI=1S/C9H12N6O2S2/c16-19(17,15-9-14-12-5-18-9)8-6(4-11-13-8)3-10-7-1-2-7/h4-5,7,10H,1-3H2,(H,11,13)(H,14,15). The first-order valence-corrected chi connectivity index (χ1v) is 8.06. The third-order valence-electron chi connectivity index (χ3n) is 2.69. The van der Waals surface area contributed by atoms with Gasteiger partial charge in [0.15, 0.2) is 5.03 Å². The van der Waals surface area contributed by atoms with Gasteiger partial charge in [-0.15, -0.1) is 10.2 Å². The molecular formula is C9H12N6O2S2. The fourth-order valence-corrected chi connectivity index (χ4v) is 3.41. The Labute approximate surface area is 113 Å². The molecule has 0 radical (unpaired) electrons. The highest BCUT2D eigenvalue weighted by Gasteiger charge is 2.25. The van der Waals surface area contributed by atoms with Crippen molar-refractivity contribution >= 4 is 26.5 Å². The Hall–Kier alpha value is -1.52. The molecule has 0 bridgehead atoms. The molecule has 10 heteroatoms. The topological polar surface area (TPSA) is 113 Å². The smallest absolute Gasteiger partial charge is 0.280 e. The van der Waals surface area contributed by atoms with E-state index in [1.807, 2.05) is 0 Å². The molecule has 19 heavy (non-hydrogen) atoms. The molecule has 2 aromatic heterocycles. The van der Waals surface area contributed by atoms with E-state index in [4.69, 9.17) is 0 Å². The second-order valence-electron chi connectivity index (χ2n) is 4.23. The van der Waals surface area contributed by atoms with Crippen LogP contribution in [-0.4, -0.2) is 34.9 Å². The molecule has 8 nitrogen and oxygen atoms in total. The zero-order chi connectivity index (χ0) is 13.3. The normalized spacial score (nSPS) is 15.6. The first-order chi connectivity index (χ1) is 9.15. The van der Waals surface area contributed by atoms with Crippen LogP contribution in [0.1, 0.15) is 18.4 Å². The summed E-state index contributed by atoms with van der Waals surface area (Å²) in [6.45, 7) is 0.480. The van der Waals surface area contributed by atoms with Crippen LogP contribution in [0.3, 0.4) is 0 Å². The van der Waals surface area contributed by atoms with E-state index in [0.29, 0.717) is 18.2 Å². The second-order valence-corrected chi connectivity index (χ2v) is 6.68. The van der Waals surface area contributed by atoms with E-state index in [9.17, 15) is 8.42 Å². The van der Waals surface area contributed by atoms with Gasteiger partial charge in [0.1, 0.15) is 5.51 Å². The van der Waals surface area contributed by atoms with Gasteiger partial charge in [-0.25, -0.2) is 0 Å². The van der Waals surface area contributed by atoms with Crippen molar-refractivity contribution in [3.05, 3.63) is 17.3 Å². The molecule has 1 saturated carbocycles. The fraction of sp³-hybridized carbons (Fsp3) is 0.444. The minimum Gasteiger partial charge on any atom is -0.310 e. The maximum atomic E-state index is 12.2. The lowest BCUT2D eigenvalue weighted by Gasteiger charge is -2.06. The van der Waals surface area contributed by atoms with Crippen molar-refractivity contribution in [3.8, 4) is 0 Å². The van der Waals surface area contributed by atoms with Crippen molar-refractivity contribution in [2.24, 2.45) is 0 Å². The summed E-state index contributed by atoms with van der Waals surface area (Å²) in [5.74, 6) is 0. The lowest BCUT2D eigenvalue weighted by molar-refractivity contribution is 0.593. The number of sulfonamides is 1. The number of hydrogen-bond acceptors (Lipinski definition) is 7. The molecule has 0 saturated heterocycles. The quantitative estimate of drug-likeness (QED) is 0.708. The number of aromatic amines is 1. The zero-order valence-electron chi connectivity index (χ0n) is 9.83. The average molecular weight is 300 g/mol. The van der Waals surface area contributed by atoms with Gasteiger partial charge in [0.05, 0.1) is 6.20 Å². The van der Waals surface area contributed by atoms with E-state index in [0.717, 1.165) is 24.2 Å². The minimum atomic E-state index is -3.70. The van der Waals surface area contributed by atoms with Gasteiger partial charge in [-0.1, -0.05) is 11.3 Å². The van der Waals surface area contributed by atoms with Crippen LogP contribution in [-0.2, 0) is 16.6 Å². The van der Waals surface area contributed by atoms with Crippen molar-refractivity contribution in [1.29, 1.82) is 0 Å². The summed E-state index contributed by atoms with van der Waals surface area (Å²) in [7, 11) is -3.70. The fourth-order valence-electron chi connectivity index (χ4n) is 1.58. The van der Waals surface area contributed by atoms with E-state index in [1.54, 1.807) is 0 Å². The molecule has 3 N–H and O–H groups in total. The first-order valence-electron chi connectivity index (χ1n) is 5.70. The lowest BCUT2D eigenvalue weighted by atomic mass is 10.3. The number of nitrogens with zero attached hydrogens (tertiary/aromatic N) is 3. The Kier molecular flexibility index (Phi) is 3.21. The third kappa shape index (κ3) is 2.91. The van der Waals surface area contributed by atoms with Crippen LogP contribution < -0.4 is 10.0 Å². The van der Waals surface area contributed by atoms with E-state index in [-0.39, 0.29) is 10.2 Å². The summed E-state index contributed by atoms with van der Waals surface area (Å²) in [6, 6.07) is 0.501. The molecule has 0 atom stereocenters. The highest BCUT2D eigenvalue weighted by Crippen LogP contribution is 2.21. The predicted molar refractivity (Wildman–Crippen MR) is 69.2 cm³/mol. The zero-order valence-corrected chi connectivity index (χ0v) is 11.5. The van der Waals surface area contributed by atoms with Crippen molar-refractivity contribution in [3.63, 3.8) is 0 Å². The van der Waals surface area contributed by atoms with Gasteiger partial charge in [-0.3, -0.25) is 9.82 Å². The molecule has 1 fully saturated rings. The van der Waals surface area contributed by atoms with Crippen LogP contribution in [0.4, 0.5) is 5.13 Å². The molecule has 2 aromatic rings. The maximum Gasteiger partial charge on any atom is 0.280 e. The van der Waals surface area contributed by atoms with Crippen molar-refractivity contribution < 1.29 is 8.42 Å². The van der Waals surface area contributed by atoms with Gasteiger partial charge in [0.2, 0.25) is 5.13 Å². The highest BCUT2D eigenvalue weighted by molar-refractivity contribution is 7.92. The highest BCUT2D eigenvalue weighted by atomic mass is 32.2. The molecule has 1 aliphatic carbocycles. The third-order valence-corrected chi connectivity index (χ3v) is 4.78. The summed E-state index contributed by atoms with van der Waals surface area (Å²) in [6.07, 6.45) is 3.80. The summed E-state index contributed by atoms with van der Waals surface area (Å²) >= 11 is 1.12. The molecule has 102 valence electrons. The molecule has 1 aliphatic rings. The van der Waals surface area contributed by atoms with Gasteiger partial charge in [0.25, 0.3) is 10.0 Å². The molecule has 2 heterocycles. The molecule has 0 unspecified atom stereocenters. The molecular weight excluding hydrogens is 288 g/mol. The van der Waals surface area contributed by atoms with Gasteiger partial charge in [0, 0.05) is 18.2 Å².